The molecule has 2 aliphatic heterocycles. The predicted octanol–water partition coefficient (Wildman–Crippen LogP) is 3.20. The molecule has 2 saturated heterocycles. The summed E-state index contributed by atoms with van der Waals surface area (Å²) in [5, 5.41) is 0.485. The fourth-order valence-corrected chi connectivity index (χ4v) is 4.80. The molecule has 2 aromatic carbocycles. The molecular weight excluding hydrogens is 472 g/mol. The van der Waals surface area contributed by atoms with E-state index in [-0.39, 0.29) is 38.0 Å². The summed E-state index contributed by atoms with van der Waals surface area (Å²) in [6.07, 6.45) is 0.256. The Labute approximate surface area is 207 Å². The summed E-state index contributed by atoms with van der Waals surface area (Å²) < 4.78 is 5.37. The van der Waals surface area contributed by atoms with Crippen LogP contribution in [0.15, 0.2) is 48.5 Å². The zero-order valence-corrected chi connectivity index (χ0v) is 20.0. The third kappa shape index (κ3) is 5.27. The number of carbonyl (C=O) groups is 5. The van der Waals surface area contributed by atoms with Crippen molar-refractivity contribution in [3.8, 4) is 5.75 Å². The minimum Gasteiger partial charge on any atom is -0.496 e. The monoisotopic (exact) mass is 496 g/mol. The Morgan fingerprint density at radius 1 is 1.03 bits per heavy atom. The Balaban J connectivity index is 1.50. The van der Waals surface area contributed by atoms with E-state index in [1.165, 1.54) is 7.11 Å². The first-order valence-electron chi connectivity index (χ1n) is 11.4. The number of hydrogen-bond donors (Lipinski definition) is 0. The number of para-hydroxylation sites is 1. The van der Waals surface area contributed by atoms with Crippen LogP contribution in [0.1, 0.15) is 31.2 Å². The molecule has 4 amide bonds. The highest BCUT2D eigenvalue weighted by atomic mass is 35.5. The maximum atomic E-state index is 13.3. The lowest BCUT2D eigenvalue weighted by Crippen LogP contribution is -2.43. The lowest BCUT2D eigenvalue weighted by atomic mass is 9.93. The summed E-state index contributed by atoms with van der Waals surface area (Å²) in [4.78, 5) is 66.3. The Morgan fingerprint density at radius 2 is 1.77 bits per heavy atom. The van der Waals surface area contributed by atoms with E-state index >= 15 is 0 Å². The summed E-state index contributed by atoms with van der Waals surface area (Å²) in [6, 6.07) is 13.6. The van der Waals surface area contributed by atoms with E-state index in [1.807, 2.05) is 0 Å². The first kappa shape index (κ1) is 24.6. The maximum absolute atomic E-state index is 13.3. The van der Waals surface area contributed by atoms with Crippen molar-refractivity contribution in [2.45, 2.75) is 32.1 Å². The van der Waals surface area contributed by atoms with Crippen LogP contribution in [0.4, 0.5) is 5.69 Å². The van der Waals surface area contributed by atoms with Gasteiger partial charge < -0.3 is 4.74 Å². The number of benzene rings is 2. The molecule has 0 spiro atoms. The van der Waals surface area contributed by atoms with Crippen LogP contribution in [0.3, 0.4) is 0 Å². The number of methoxy groups -OCH3 is 1. The van der Waals surface area contributed by atoms with Crippen LogP contribution < -0.4 is 9.64 Å². The van der Waals surface area contributed by atoms with Crippen LogP contribution >= 0.6 is 11.6 Å². The topological polar surface area (TPSA) is 101 Å². The van der Waals surface area contributed by atoms with E-state index in [1.54, 1.807) is 48.5 Å². The number of imide groups is 2. The van der Waals surface area contributed by atoms with Gasteiger partial charge in [0.15, 0.2) is 5.78 Å². The number of anilines is 1. The van der Waals surface area contributed by atoms with Gasteiger partial charge in [0.25, 0.3) is 0 Å². The molecule has 35 heavy (non-hydrogen) atoms. The van der Waals surface area contributed by atoms with Gasteiger partial charge >= 0.3 is 0 Å². The Kier molecular flexibility index (Phi) is 7.31. The smallest absolute Gasteiger partial charge is 0.237 e. The Bertz CT molecular complexity index is 1180. The van der Waals surface area contributed by atoms with Crippen LogP contribution in [0.5, 0.6) is 5.75 Å². The van der Waals surface area contributed by atoms with E-state index in [9.17, 15) is 24.0 Å². The number of rotatable bonds is 6. The molecule has 9 heteroatoms. The summed E-state index contributed by atoms with van der Waals surface area (Å²) >= 11 is 6.12. The standard InChI is InChI=1S/C26H25ClN2O6/c1-35-22-10-8-19(27)12-17(22)11-16-7-9-21(30)15-28(25(16)33)23(31)13-18-14-24(32)29(26(18)34)20-5-3-2-4-6-20/h2-6,8,10,12,16,18H,7,9,11,13-15H2,1H3/t16?,18-/m0/s1. The highest BCUT2D eigenvalue weighted by Gasteiger charge is 2.42. The zero-order chi connectivity index (χ0) is 25.1. The molecule has 8 nitrogen and oxygen atoms in total. The van der Waals surface area contributed by atoms with Gasteiger partial charge in [0.2, 0.25) is 23.6 Å². The third-order valence-corrected chi connectivity index (χ3v) is 6.64. The second-order valence-corrected chi connectivity index (χ2v) is 9.20. The van der Waals surface area contributed by atoms with Crippen LogP contribution in [-0.2, 0) is 30.4 Å². The average molecular weight is 497 g/mol. The lowest BCUT2D eigenvalue weighted by molar-refractivity contribution is -0.149. The molecule has 2 aliphatic rings. The minimum absolute atomic E-state index is 0.126. The lowest BCUT2D eigenvalue weighted by Gasteiger charge is -2.23. The molecule has 182 valence electrons. The van der Waals surface area contributed by atoms with Gasteiger partial charge in [0, 0.05) is 30.2 Å². The molecule has 2 atom stereocenters. The number of halogens is 1. The molecule has 2 aromatic rings. The number of likely N-dealkylation sites (tertiary alicyclic amines) is 1. The molecule has 1 unspecified atom stereocenters. The largest absolute Gasteiger partial charge is 0.496 e. The fraction of sp³-hybridized carbons (Fsp3) is 0.346. The molecule has 2 fully saturated rings. The summed E-state index contributed by atoms with van der Waals surface area (Å²) in [7, 11) is 1.51. The number of nitrogens with zero attached hydrogens (tertiary/aromatic N) is 2. The summed E-state index contributed by atoms with van der Waals surface area (Å²) in [5.41, 5.74) is 1.14. The number of ether oxygens (including phenoxy) is 1. The fourth-order valence-electron chi connectivity index (χ4n) is 4.61. The van der Waals surface area contributed by atoms with Crippen molar-refractivity contribution in [2.24, 2.45) is 11.8 Å². The van der Waals surface area contributed by atoms with Gasteiger partial charge in [-0.25, -0.2) is 0 Å². The van der Waals surface area contributed by atoms with Gasteiger partial charge in [0.05, 0.1) is 25.3 Å². The zero-order valence-electron chi connectivity index (χ0n) is 19.2. The quantitative estimate of drug-likeness (QED) is 0.569. The first-order chi connectivity index (χ1) is 16.8. The van der Waals surface area contributed by atoms with E-state index in [2.05, 4.69) is 0 Å². The highest BCUT2D eigenvalue weighted by Crippen LogP contribution is 2.31. The van der Waals surface area contributed by atoms with E-state index in [0.717, 1.165) is 9.80 Å². The Morgan fingerprint density at radius 3 is 2.49 bits per heavy atom. The number of ketones is 1. The molecule has 0 saturated carbocycles. The minimum atomic E-state index is -0.882. The molecule has 2 heterocycles. The van der Waals surface area contributed by atoms with E-state index in [4.69, 9.17) is 16.3 Å². The van der Waals surface area contributed by atoms with Crippen molar-refractivity contribution >= 4 is 46.7 Å². The van der Waals surface area contributed by atoms with Crippen molar-refractivity contribution in [1.82, 2.24) is 4.90 Å². The predicted molar refractivity (Wildman–Crippen MR) is 128 cm³/mol. The first-order valence-corrected chi connectivity index (χ1v) is 11.8. The van der Waals surface area contributed by atoms with Crippen molar-refractivity contribution < 1.29 is 28.7 Å². The van der Waals surface area contributed by atoms with Crippen molar-refractivity contribution in [1.29, 1.82) is 0 Å². The normalized spacial score (nSPS) is 20.9. The summed E-state index contributed by atoms with van der Waals surface area (Å²) in [5.74, 6) is -3.16. The number of amides is 4. The second-order valence-electron chi connectivity index (χ2n) is 8.76. The average Bonchev–Trinajstić information content (AvgIpc) is 3.03. The van der Waals surface area contributed by atoms with Gasteiger partial charge in [-0.3, -0.25) is 33.8 Å². The van der Waals surface area contributed by atoms with Crippen LogP contribution in [0.2, 0.25) is 5.02 Å². The third-order valence-electron chi connectivity index (χ3n) is 6.41. The van der Waals surface area contributed by atoms with Gasteiger partial charge in [0.1, 0.15) is 5.75 Å². The molecule has 0 radical (unpaired) electrons. The van der Waals surface area contributed by atoms with Crippen LogP contribution in [-0.4, -0.2) is 48.0 Å². The number of carbonyl (C=O) groups excluding carboxylic acids is 5. The van der Waals surface area contributed by atoms with E-state index in [0.29, 0.717) is 28.4 Å². The molecule has 0 aliphatic carbocycles. The summed E-state index contributed by atoms with van der Waals surface area (Å²) in [6.45, 7) is -0.335. The molecule has 0 bridgehead atoms. The van der Waals surface area contributed by atoms with Crippen molar-refractivity contribution in [3.05, 3.63) is 59.1 Å². The molecule has 0 N–H and O–H groups in total. The molecular formula is C26H25ClN2O6. The van der Waals surface area contributed by atoms with Gasteiger partial charge in [-0.1, -0.05) is 29.8 Å². The van der Waals surface area contributed by atoms with Crippen LogP contribution in [0, 0.1) is 11.8 Å². The van der Waals surface area contributed by atoms with E-state index < -0.39 is 35.5 Å². The highest BCUT2D eigenvalue weighted by molar-refractivity contribution is 6.30. The Hall–Kier alpha value is -3.52. The van der Waals surface area contributed by atoms with Crippen LogP contribution in [0.25, 0.3) is 0 Å². The van der Waals surface area contributed by atoms with Gasteiger partial charge in [-0.2, -0.15) is 0 Å². The second kappa shape index (κ2) is 10.4. The molecule has 4 rings (SSSR count). The number of Topliss-reactive ketones (excluding diaryl/α,β-unsaturated/α-hetero) is 1. The maximum Gasteiger partial charge on any atom is 0.237 e. The SMILES string of the molecule is COc1ccc(Cl)cc1CC1CCC(=O)CN(C(=O)C[C@H]2CC(=O)N(c3ccccc3)C2=O)C1=O. The van der Waals surface area contributed by atoms with Crippen molar-refractivity contribution in [2.75, 3.05) is 18.6 Å². The molecule has 0 aromatic heterocycles. The van der Waals surface area contributed by atoms with Gasteiger partial charge in [-0.05, 0) is 48.7 Å². The van der Waals surface area contributed by atoms with Crippen molar-refractivity contribution in [3.63, 3.8) is 0 Å². The number of hydrogen-bond acceptors (Lipinski definition) is 6. The van der Waals surface area contributed by atoms with Gasteiger partial charge in [-0.15, -0.1) is 0 Å².